The molecular weight excluding hydrogens is 480 g/mol. The zero-order chi connectivity index (χ0) is 27.1. The molecule has 2 amide bonds. The van der Waals surface area contributed by atoms with Crippen molar-refractivity contribution in [2.24, 2.45) is 0 Å². The van der Waals surface area contributed by atoms with Crippen LogP contribution in [0, 0.1) is 0 Å². The third kappa shape index (κ3) is 7.44. The van der Waals surface area contributed by atoms with Gasteiger partial charge in [0.1, 0.15) is 23.7 Å². The number of alkyl carbamates (subject to hydrolysis) is 1. The van der Waals surface area contributed by atoms with Gasteiger partial charge in [0, 0.05) is 31.5 Å². The molecule has 0 spiro atoms. The van der Waals surface area contributed by atoms with Gasteiger partial charge in [-0.3, -0.25) is 9.59 Å². The number of likely N-dealkylation sites (tertiary alicyclic amines) is 1. The topological polar surface area (TPSA) is 84.9 Å². The number of rotatable bonds is 7. The maximum absolute atomic E-state index is 12.7. The number of hydrogen-bond acceptors (Lipinski definition) is 5. The van der Waals surface area contributed by atoms with Crippen molar-refractivity contribution in [2.75, 3.05) is 13.1 Å². The fraction of sp³-hybridized carbons (Fsp3) is 0.323. The predicted octanol–water partition coefficient (Wildman–Crippen LogP) is 5.68. The Morgan fingerprint density at radius 3 is 2.21 bits per heavy atom. The Morgan fingerprint density at radius 1 is 0.895 bits per heavy atom. The van der Waals surface area contributed by atoms with Crippen LogP contribution >= 0.6 is 0 Å². The normalized spacial score (nSPS) is 14.5. The fourth-order valence-corrected chi connectivity index (χ4v) is 4.27. The first kappa shape index (κ1) is 26.9. The summed E-state index contributed by atoms with van der Waals surface area (Å²) in [5.41, 5.74) is 2.70. The van der Waals surface area contributed by atoms with E-state index < -0.39 is 17.7 Å². The van der Waals surface area contributed by atoms with E-state index in [1.54, 1.807) is 17.0 Å². The Morgan fingerprint density at radius 2 is 1.55 bits per heavy atom. The molecule has 0 saturated carbocycles. The average molecular weight is 515 g/mol. The number of nitrogens with one attached hydrogen (secondary N) is 1. The van der Waals surface area contributed by atoms with Crippen molar-refractivity contribution >= 4 is 17.8 Å². The summed E-state index contributed by atoms with van der Waals surface area (Å²) in [6.07, 6.45) is 0.355. The van der Waals surface area contributed by atoms with Gasteiger partial charge in [-0.25, -0.2) is 4.79 Å². The van der Waals surface area contributed by atoms with Gasteiger partial charge in [0.05, 0.1) is 6.04 Å². The summed E-state index contributed by atoms with van der Waals surface area (Å²) in [4.78, 5) is 38.5. The molecule has 0 aromatic heterocycles. The summed E-state index contributed by atoms with van der Waals surface area (Å²) in [7, 11) is 0. The van der Waals surface area contributed by atoms with E-state index in [1.807, 2.05) is 87.5 Å². The number of ether oxygens (including phenoxy) is 2. The number of carbonyl (C=O) groups excluding carboxylic acids is 3. The Hall–Kier alpha value is -4.13. The molecule has 0 bridgehead atoms. The molecule has 38 heavy (non-hydrogen) atoms. The van der Waals surface area contributed by atoms with E-state index in [0.717, 1.165) is 16.7 Å². The molecule has 1 heterocycles. The van der Waals surface area contributed by atoms with Gasteiger partial charge in [-0.2, -0.15) is 0 Å². The van der Waals surface area contributed by atoms with Gasteiger partial charge in [0.2, 0.25) is 0 Å². The second kappa shape index (κ2) is 11.9. The molecule has 1 aliphatic rings. The SMILES string of the molecule is CC(C)(C)OC(=O)NC(c1ccccc1)c1cccc(OCc2ccc(C(=O)N3CCC(=O)CC3)cc2)c1. The van der Waals surface area contributed by atoms with Crippen molar-refractivity contribution < 1.29 is 23.9 Å². The molecule has 0 radical (unpaired) electrons. The highest BCUT2D eigenvalue weighted by Gasteiger charge is 2.23. The van der Waals surface area contributed by atoms with Crippen LogP contribution in [0.15, 0.2) is 78.9 Å². The lowest BCUT2D eigenvalue weighted by atomic mass is 9.98. The van der Waals surface area contributed by atoms with Crippen LogP contribution in [0.5, 0.6) is 5.75 Å². The number of benzene rings is 3. The van der Waals surface area contributed by atoms with Crippen molar-refractivity contribution in [3.8, 4) is 5.75 Å². The first-order chi connectivity index (χ1) is 18.2. The lowest BCUT2D eigenvalue weighted by molar-refractivity contribution is -0.120. The van der Waals surface area contributed by atoms with Crippen molar-refractivity contribution in [1.82, 2.24) is 10.2 Å². The number of ketones is 1. The Labute approximate surface area is 223 Å². The summed E-state index contributed by atoms with van der Waals surface area (Å²) in [6.45, 7) is 6.77. The van der Waals surface area contributed by atoms with Gasteiger partial charge in [0.25, 0.3) is 5.91 Å². The highest BCUT2D eigenvalue weighted by atomic mass is 16.6. The lowest BCUT2D eigenvalue weighted by Crippen LogP contribution is -2.38. The predicted molar refractivity (Wildman–Crippen MR) is 145 cm³/mol. The van der Waals surface area contributed by atoms with Gasteiger partial charge < -0.3 is 19.7 Å². The third-order valence-corrected chi connectivity index (χ3v) is 6.20. The van der Waals surface area contributed by atoms with Crippen molar-refractivity contribution in [1.29, 1.82) is 0 Å². The molecule has 198 valence electrons. The van der Waals surface area contributed by atoms with Crippen LogP contribution in [0.4, 0.5) is 4.79 Å². The van der Waals surface area contributed by atoms with E-state index in [2.05, 4.69) is 5.32 Å². The summed E-state index contributed by atoms with van der Waals surface area (Å²) in [5.74, 6) is 0.816. The number of Topliss-reactive ketones (excluding diaryl/α,β-unsaturated/α-hetero) is 1. The number of carbonyl (C=O) groups is 3. The monoisotopic (exact) mass is 514 g/mol. The molecule has 1 unspecified atom stereocenters. The second-order valence-corrected chi connectivity index (χ2v) is 10.4. The Bertz CT molecular complexity index is 1260. The van der Waals surface area contributed by atoms with Crippen LogP contribution in [0.1, 0.15) is 66.7 Å². The van der Waals surface area contributed by atoms with E-state index in [1.165, 1.54) is 0 Å². The standard InChI is InChI=1S/C31H34N2O5/c1-31(2,3)38-30(36)32-28(23-8-5-4-6-9-23)25-10-7-11-27(20-25)37-21-22-12-14-24(15-13-22)29(35)33-18-16-26(34)17-19-33/h4-15,20,28H,16-19,21H2,1-3H3,(H,32,36). The smallest absolute Gasteiger partial charge is 0.408 e. The van der Waals surface area contributed by atoms with Crippen molar-refractivity contribution in [3.05, 3.63) is 101 Å². The minimum atomic E-state index is -0.608. The van der Waals surface area contributed by atoms with Gasteiger partial charge >= 0.3 is 6.09 Å². The zero-order valence-corrected chi connectivity index (χ0v) is 22.1. The number of piperidine rings is 1. The van der Waals surface area contributed by atoms with E-state index >= 15 is 0 Å². The van der Waals surface area contributed by atoms with Gasteiger partial charge in [-0.1, -0.05) is 54.6 Å². The summed E-state index contributed by atoms with van der Waals surface area (Å²) >= 11 is 0. The number of nitrogens with zero attached hydrogens (tertiary/aromatic N) is 1. The molecule has 7 heteroatoms. The van der Waals surface area contributed by atoms with Crippen LogP contribution < -0.4 is 10.1 Å². The summed E-state index contributed by atoms with van der Waals surface area (Å²) in [6, 6.07) is 24.3. The average Bonchev–Trinajstić information content (AvgIpc) is 2.90. The van der Waals surface area contributed by atoms with E-state index in [-0.39, 0.29) is 11.7 Å². The molecule has 1 atom stereocenters. The Kier molecular flexibility index (Phi) is 8.46. The summed E-state index contributed by atoms with van der Waals surface area (Å²) < 4.78 is 11.5. The molecule has 1 N–H and O–H groups in total. The maximum atomic E-state index is 12.7. The van der Waals surface area contributed by atoms with Gasteiger partial charge in [-0.05, 0) is 61.7 Å². The molecule has 7 nitrogen and oxygen atoms in total. The minimum Gasteiger partial charge on any atom is -0.489 e. The van der Waals surface area contributed by atoms with Crippen LogP contribution in [-0.2, 0) is 16.1 Å². The number of hydrogen-bond donors (Lipinski definition) is 1. The van der Waals surface area contributed by atoms with Crippen LogP contribution in [0.3, 0.4) is 0 Å². The molecule has 1 aliphatic heterocycles. The molecule has 1 fully saturated rings. The maximum Gasteiger partial charge on any atom is 0.408 e. The quantitative estimate of drug-likeness (QED) is 0.438. The third-order valence-electron chi connectivity index (χ3n) is 6.20. The van der Waals surface area contributed by atoms with Crippen molar-refractivity contribution in [3.63, 3.8) is 0 Å². The molecule has 0 aliphatic carbocycles. The molecular formula is C31H34N2O5. The minimum absolute atomic E-state index is 0.0536. The second-order valence-electron chi connectivity index (χ2n) is 10.4. The van der Waals surface area contributed by atoms with Crippen LogP contribution in [0.2, 0.25) is 0 Å². The lowest BCUT2D eigenvalue weighted by Gasteiger charge is -2.26. The summed E-state index contributed by atoms with van der Waals surface area (Å²) in [5, 5.41) is 2.98. The van der Waals surface area contributed by atoms with Gasteiger partial charge in [0.15, 0.2) is 0 Å². The van der Waals surface area contributed by atoms with E-state index in [4.69, 9.17) is 9.47 Å². The molecule has 1 saturated heterocycles. The first-order valence-electron chi connectivity index (χ1n) is 12.8. The van der Waals surface area contributed by atoms with E-state index in [0.29, 0.717) is 43.9 Å². The van der Waals surface area contributed by atoms with Crippen molar-refractivity contribution in [2.45, 2.75) is 51.9 Å². The van der Waals surface area contributed by atoms with Crippen LogP contribution in [0.25, 0.3) is 0 Å². The highest BCUT2D eigenvalue weighted by Crippen LogP contribution is 2.26. The van der Waals surface area contributed by atoms with Gasteiger partial charge in [-0.15, -0.1) is 0 Å². The fourth-order valence-electron chi connectivity index (χ4n) is 4.27. The molecule has 3 aromatic carbocycles. The molecule has 3 aromatic rings. The van der Waals surface area contributed by atoms with Crippen LogP contribution in [-0.4, -0.2) is 41.4 Å². The molecule has 4 rings (SSSR count). The first-order valence-corrected chi connectivity index (χ1v) is 12.8. The zero-order valence-electron chi connectivity index (χ0n) is 22.1. The largest absolute Gasteiger partial charge is 0.489 e. The van der Waals surface area contributed by atoms with E-state index in [9.17, 15) is 14.4 Å². The highest BCUT2D eigenvalue weighted by molar-refractivity contribution is 5.95. The Balaban J connectivity index is 1.42. The number of amides is 2.